The zero-order valence-corrected chi connectivity index (χ0v) is 10.1. The van der Waals surface area contributed by atoms with Crippen LogP contribution >= 0.6 is 0 Å². The first kappa shape index (κ1) is 13.8. The van der Waals surface area contributed by atoms with Gasteiger partial charge in [0.25, 0.3) is 0 Å². The van der Waals surface area contributed by atoms with Gasteiger partial charge >= 0.3 is 6.03 Å². The second-order valence-electron chi connectivity index (χ2n) is 3.84. The number of hydrogen-bond acceptors (Lipinski definition) is 3. The van der Waals surface area contributed by atoms with E-state index in [0.717, 1.165) is 5.56 Å². The van der Waals surface area contributed by atoms with Gasteiger partial charge in [0.1, 0.15) is 0 Å². The number of rotatable bonds is 6. The molecule has 0 atom stereocenters. The average Bonchev–Trinajstić information content (AvgIpc) is 2.33. The largest absolute Gasteiger partial charge is 0.399 e. The summed E-state index contributed by atoms with van der Waals surface area (Å²) < 4.78 is 0. The van der Waals surface area contributed by atoms with Crippen LogP contribution in [0.1, 0.15) is 12.0 Å². The average molecular weight is 250 g/mol. The number of primary amides is 1. The van der Waals surface area contributed by atoms with Crippen molar-refractivity contribution in [1.82, 2.24) is 10.6 Å². The first-order valence-electron chi connectivity index (χ1n) is 5.73. The maximum absolute atomic E-state index is 11.5. The molecule has 18 heavy (non-hydrogen) atoms. The van der Waals surface area contributed by atoms with Crippen molar-refractivity contribution in [3.05, 3.63) is 29.8 Å². The number of benzene rings is 1. The van der Waals surface area contributed by atoms with Crippen LogP contribution in [0.15, 0.2) is 24.3 Å². The van der Waals surface area contributed by atoms with Gasteiger partial charge in [-0.1, -0.05) is 18.2 Å². The fourth-order valence-electron chi connectivity index (χ4n) is 1.49. The van der Waals surface area contributed by atoms with Crippen molar-refractivity contribution >= 4 is 17.6 Å². The Morgan fingerprint density at radius 1 is 1.11 bits per heavy atom. The van der Waals surface area contributed by atoms with Crippen LogP contribution in [0.3, 0.4) is 0 Å². The van der Waals surface area contributed by atoms with Crippen LogP contribution in [-0.4, -0.2) is 25.0 Å². The third-order valence-electron chi connectivity index (χ3n) is 2.42. The number of hydrogen-bond donors (Lipinski definition) is 4. The number of anilines is 1. The Bertz CT molecular complexity index is 420. The van der Waals surface area contributed by atoms with E-state index in [9.17, 15) is 9.59 Å². The number of nitrogens with one attached hydrogen (secondary N) is 2. The first-order chi connectivity index (χ1) is 8.59. The maximum atomic E-state index is 11.5. The lowest BCUT2D eigenvalue weighted by atomic mass is 10.1. The molecule has 0 radical (unpaired) electrons. The number of para-hydroxylation sites is 1. The topological polar surface area (TPSA) is 110 Å². The summed E-state index contributed by atoms with van der Waals surface area (Å²) >= 11 is 0. The number of aryl methyl sites for hydroxylation is 1. The van der Waals surface area contributed by atoms with Crippen molar-refractivity contribution in [2.45, 2.75) is 12.8 Å². The zero-order chi connectivity index (χ0) is 13.4. The molecule has 0 saturated carbocycles. The molecule has 6 heteroatoms. The van der Waals surface area contributed by atoms with Crippen LogP contribution in [0.5, 0.6) is 0 Å². The minimum absolute atomic E-state index is 0.0791. The van der Waals surface area contributed by atoms with Gasteiger partial charge in [0.05, 0.1) is 0 Å². The summed E-state index contributed by atoms with van der Waals surface area (Å²) in [7, 11) is 0. The van der Waals surface area contributed by atoms with Crippen molar-refractivity contribution in [3.63, 3.8) is 0 Å². The van der Waals surface area contributed by atoms with Gasteiger partial charge < -0.3 is 22.1 Å². The quantitative estimate of drug-likeness (QED) is 0.421. The van der Waals surface area contributed by atoms with E-state index in [2.05, 4.69) is 10.6 Å². The molecule has 0 bridgehead atoms. The first-order valence-corrected chi connectivity index (χ1v) is 5.73. The molecule has 0 fully saturated rings. The summed E-state index contributed by atoms with van der Waals surface area (Å²) in [6.07, 6.45) is 0.965. The molecule has 0 aliphatic heterocycles. The van der Waals surface area contributed by atoms with Crippen LogP contribution in [0.4, 0.5) is 10.5 Å². The van der Waals surface area contributed by atoms with E-state index in [4.69, 9.17) is 11.5 Å². The standard InChI is InChI=1S/C12H18N4O2/c13-10-4-2-1-3-9(10)5-6-11(17)15-7-8-16-12(14)18/h1-4H,5-8,13H2,(H,15,17)(H3,14,16,18). The van der Waals surface area contributed by atoms with E-state index in [0.29, 0.717) is 31.6 Å². The van der Waals surface area contributed by atoms with Crippen LogP contribution in [-0.2, 0) is 11.2 Å². The molecular weight excluding hydrogens is 232 g/mol. The highest BCUT2D eigenvalue weighted by atomic mass is 16.2. The number of urea groups is 1. The highest BCUT2D eigenvalue weighted by Gasteiger charge is 2.03. The molecule has 0 spiro atoms. The van der Waals surface area contributed by atoms with Crippen molar-refractivity contribution in [2.24, 2.45) is 5.73 Å². The molecule has 0 heterocycles. The third-order valence-corrected chi connectivity index (χ3v) is 2.42. The molecule has 0 aromatic heterocycles. The Hall–Kier alpha value is -2.24. The number of carbonyl (C=O) groups is 2. The van der Waals surface area contributed by atoms with Crippen LogP contribution < -0.4 is 22.1 Å². The molecule has 3 amide bonds. The van der Waals surface area contributed by atoms with Gasteiger partial charge in [0.2, 0.25) is 5.91 Å². The molecule has 6 N–H and O–H groups in total. The molecule has 0 aliphatic rings. The fraction of sp³-hybridized carbons (Fsp3) is 0.333. The molecule has 0 saturated heterocycles. The molecule has 0 unspecified atom stereocenters. The van der Waals surface area contributed by atoms with E-state index >= 15 is 0 Å². The summed E-state index contributed by atoms with van der Waals surface area (Å²) in [6.45, 7) is 0.695. The zero-order valence-electron chi connectivity index (χ0n) is 10.1. The van der Waals surface area contributed by atoms with E-state index in [1.54, 1.807) is 0 Å². The Kier molecular flexibility index (Phi) is 5.50. The number of amides is 3. The molecule has 6 nitrogen and oxygen atoms in total. The Morgan fingerprint density at radius 2 is 1.78 bits per heavy atom. The molecule has 1 aromatic carbocycles. The highest BCUT2D eigenvalue weighted by Crippen LogP contribution is 2.12. The summed E-state index contributed by atoms with van der Waals surface area (Å²) in [6, 6.07) is 6.86. The summed E-state index contributed by atoms with van der Waals surface area (Å²) in [5.41, 5.74) is 12.3. The van der Waals surface area contributed by atoms with E-state index < -0.39 is 6.03 Å². The molecule has 0 aliphatic carbocycles. The molecule has 1 rings (SSSR count). The predicted molar refractivity (Wildman–Crippen MR) is 69.8 cm³/mol. The van der Waals surface area contributed by atoms with Gasteiger partial charge in [0.15, 0.2) is 0 Å². The number of nitrogens with two attached hydrogens (primary N) is 2. The lowest BCUT2D eigenvalue weighted by Crippen LogP contribution is -2.37. The van der Waals surface area contributed by atoms with E-state index in [1.165, 1.54) is 0 Å². The second kappa shape index (κ2) is 7.16. The second-order valence-corrected chi connectivity index (χ2v) is 3.84. The number of nitrogen functional groups attached to an aromatic ring is 1. The molecule has 1 aromatic rings. The Balaban J connectivity index is 2.21. The smallest absolute Gasteiger partial charge is 0.312 e. The Morgan fingerprint density at radius 3 is 2.44 bits per heavy atom. The predicted octanol–water partition coefficient (Wildman–Crippen LogP) is -0.0141. The SMILES string of the molecule is NC(=O)NCCNC(=O)CCc1ccccc1N. The lowest BCUT2D eigenvalue weighted by Gasteiger charge is -2.07. The van der Waals surface area contributed by atoms with E-state index in [1.807, 2.05) is 24.3 Å². The van der Waals surface area contributed by atoms with Gasteiger partial charge in [-0.3, -0.25) is 4.79 Å². The minimum atomic E-state index is -0.596. The van der Waals surface area contributed by atoms with Crippen molar-refractivity contribution in [1.29, 1.82) is 0 Å². The molecular formula is C12H18N4O2. The monoisotopic (exact) mass is 250 g/mol. The molecule has 98 valence electrons. The van der Waals surface area contributed by atoms with Crippen molar-refractivity contribution in [2.75, 3.05) is 18.8 Å². The summed E-state index contributed by atoms with van der Waals surface area (Å²) in [4.78, 5) is 21.9. The van der Waals surface area contributed by atoms with Crippen molar-refractivity contribution in [3.8, 4) is 0 Å². The summed E-state index contributed by atoms with van der Waals surface area (Å²) in [5, 5.41) is 5.07. The van der Waals surface area contributed by atoms with Crippen LogP contribution in [0, 0.1) is 0 Å². The minimum Gasteiger partial charge on any atom is -0.399 e. The van der Waals surface area contributed by atoms with Gasteiger partial charge in [-0.15, -0.1) is 0 Å². The van der Waals surface area contributed by atoms with Crippen LogP contribution in [0.25, 0.3) is 0 Å². The van der Waals surface area contributed by atoms with Gasteiger partial charge in [-0.05, 0) is 18.1 Å². The Labute approximate surface area is 106 Å². The van der Waals surface area contributed by atoms with E-state index in [-0.39, 0.29) is 5.91 Å². The van der Waals surface area contributed by atoms with Gasteiger partial charge in [0, 0.05) is 25.2 Å². The van der Waals surface area contributed by atoms with Crippen molar-refractivity contribution < 1.29 is 9.59 Å². The fourth-order valence-corrected chi connectivity index (χ4v) is 1.49. The third kappa shape index (κ3) is 5.20. The summed E-state index contributed by atoms with van der Waals surface area (Å²) in [5.74, 6) is -0.0791. The van der Waals surface area contributed by atoms with Crippen LogP contribution in [0.2, 0.25) is 0 Å². The maximum Gasteiger partial charge on any atom is 0.312 e. The van der Waals surface area contributed by atoms with Gasteiger partial charge in [-0.2, -0.15) is 0 Å². The normalized spacial score (nSPS) is 9.78. The lowest BCUT2D eigenvalue weighted by molar-refractivity contribution is -0.121. The van der Waals surface area contributed by atoms with Gasteiger partial charge in [-0.25, -0.2) is 4.79 Å². The highest BCUT2D eigenvalue weighted by molar-refractivity contribution is 5.76. The number of carbonyl (C=O) groups excluding carboxylic acids is 2.